The highest BCUT2D eigenvalue weighted by atomic mass is 35.5. The van der Waals surface area contributed by atoms with Gasteiger partial charge in [0.15, 0.2) is 0 Å². The third-order valence-corrected chi connectivity index (χ3v) is 5.82. The van der Waals surface area contributed by atoms with Crippen molar-refractivity contribution in [2.45, 2.75) is 24.3 Å². The number of nitrogens with zero attached hydrogens (tertiary/aromatic N) is 3. The van der Waals surface area contributed by atoms with Gasteiger partial charge in [-0.25, -0.2) is 4.68 Å². The Hall–Kier alpha value is -2.32. The maximum Gasteiger partial charge on any atom is 0.292 e. The minimum absolute atomic E-state index is 0.0743. The summed E-state index contributed by atoms with van der Waals surface area (Å²) in [4.78, 5) is 39.8. The molecule has 1 saturated carbocycles. The van der Waals surface area contributed by atoms with Crippen molar-refractivity contribution in [1.82, 2.24) is 9.78 Å². The molecule has 1 aliphatic carbocycles. The van der Waals surface area contributed by atoms with Crippen LogP contribution < -0.4 is 15.8 Å². The quantitative estimate of drug-likeness (QED) is 0.827. The van der Waals surface area contributed by atoms with E-state index < -0.39 is 11.5 Å². The highest BCUT2D eigenvalue weighted by molar-refractivity contribution is 8.00. The Morgan fingerprint density at radius 2 is 2.07 bits per heavy atom. The van der Waals surface area contributed by atoms with Crippen LogP contribution in [-0.4, -0.2) is 33.9 Å². The van der Waals surface area contributed by atoms with Crippen molar-refractivity contribution in [1.29, 1.82) is 0 Å². The zero-order valence-corrected chi connectivity index (χ0v) is 15.9. The number of anilines is 2. The van der Waals surface area contributed by atoms with Gasteiger partial charge >= 0.3 is 0 Å². The van der Waals surface area contributed by atoms with Crippen molar-refractivity contribution >= 4 is 46.6 Å². The van der Waals surface area contributed by atoms with Gasteiger partial charge in [0.2, 0.25) is 11.8 Å². The van der Waals surface area contributed by atoms with Gasteiger partial charge in [-0.15, -0.1) is 11.8 Å². The number of para-hydroxylation sites is 1. The van der Waals surface area contributed by atoms with Crippen LogP contribution in [0.15, 0.2) is 40.2 Å². The predicted octanol–water partition coefficient (Wildman–Crippen LogP) is 2.38. The molecule has 9 heteroatoms. The summed E-state index contributed by atoms with van der Waals surface area (Å²) in [5, 5.41) is 7.18. The molecule has 0 unspecified atom stereocenters. The number of halogens is 1. The van der Waals surface area contributed by atoms with Gasteiger partial charge in [-0.1, -0.05) is 23.7 Å². The smallest absolute Gasteiger partial charge is 0.292 e. The van der Waals surface area contributed by atoms with E-state index in [-0.39, 0.29) is 12.5 Å². The highest BCUT2D eigenvalue weighted by Crippen LogP contribution is 2.36. The fourth-order valence-corrected chi connectivity index (χ4v) is 3.99. The summed E-state index contributed by atoms with van der Waals surface area (Å²) in [6.45, 7) is 0.297. The second-order valence-corrected chi connectivity index (χ2v) is 8.01. The summed E-state index contributed by atoms with van der Waals surface area (Å²) in [5.74, 6) is 0.267. The van der Waals surface area contributed by atoms with Gasteiger partial charge < -0.3 is 10.2 Å². The second-order valence-electron chi connectivity index (χ2n) is 6.58. The van der Waals surface area contributed by atoms with Gasteiger partial charge in [0.05, 0.1) is 27.6 Å². The number of benzene rings is 1. The summed E-state index contributed by atoms with van der Waals surface area (Å²) in [6.07, 6.45) is 3.70. The Kier molecular flexibility index (Phi) is 4.92. The SMILES string of the molecule is O=C(Cn1ncc2c(c1=O)N(CC1CC1)C(=O)CS2)Nc1ccccc1Cl. The first-order valence-corrected chi connectivity index (χ1v) is 9.97. The van der Waals surface area contributed by atoms with Crippen molar-refractivity contribution in [2.75, 3.05) is 22.5 Å². The minimum atomic E-state index is -0.428. The fraction of sp³-hybridized carbons (Fsp3) is 0.333. The lowest BCUT2D eigenvalue weighted by Crippen LogP contribution is -2.43. The largest absolute Gasteiger partial charge is 0.323 e. The number of amides is 2. The van der Waals surface area contributed by atoms with E-state index >= 15 is 0 Å². The van der Waals surface area contributed by atoms with Gasteiger partial charge in [0.25, 0.3) is 5.56 Å². The lowest BCUT2D eigenvalue weighted by Gasteiger charge is -2.28. The predicted molar refractivity (Wildman–Crippen MR) is 104 cm³/mol. The number of thioether (sulfide) groups is 1. The number of carbonyl (C=O) groups excluding carboxylic acids is 2. The Labute approximate surface area is 164 Å². The highest BCUT2D eigenvalue weighted by Gasteiger charge is 2.34. The monoisotopic (exact) mass is 404 g/mol. The molecule has 1 N–H and O–H groups in total. The number of fused-ring (bicyclic) bond motifs is 1. The minimum Gasteiger partial charge on any atom is -0.323 e. The van der Waals surface area contributed by atoms with Gasteiger partial charge in [0, 0.05) is 6.54 Å². The molecule has 2 amide bonds. The van der Waals surface area contributed by atoms with E-state index in [0.717, 1.165) is 17.5 Å². The molecule has 0 saturated heterocycles. The molecular formula is C18H17ClN4O3S. The number of nitrogens with one attached hydrogen (secondary N) is 1. The van der Waals surface area contributed by atoms with Crippen LogP contribution in [0.2, 0.25) is 5.02 Å². The average Bonchev–Trinajstić information content (AvgIpc) is 3.46. The van der Waals surface area contributed by atoms with Gasteiger partial charge in [-0.2, -0.15) is 5.10 Å². The number of rotatable bonds is 5. The molecule has 0 radical (unpaired) electrons. The summed E-state index contributed by atoms with van der Waals surface area (Å²) in [5.41, 5.74) is 0.378. The van der Waals surface area contributed by atoms with E-state index in [1.807, 2.05) is 0 Å². The molecule has 1 aromatic heterocycles. The summed E-state index contributed by atoms with van der Waals surface area (Å²) in [6, 6.07) is 6.86. The lowest BCUT2D eigenvalue weighted by atomic mass is 10.3. The summed E-state index contributed by atoms with van der Waals surface area (Å²) in [7, 11) is 0. The zero-order chi connectivity index (χ0) is 19.0. The van der Waals surface area contributed by atoms with E-state index in [9.17, 15) is 14.4 Å². The molecule has 1 aromatic carbocycles. The van der Waals surface area contributed by atoms with E-state index in [1.54, 1.807) is 35.4 Å². The number of hydrogen-bond donors (Lipinski definition) is 1. The van der Waals surface area contributed by atoms with Gasteiger partial charge in [-0.3, -0.25) is 14.4 Å². The van der Waals surface area contributed by atoms with E-state index in [0.29, 0.717) is 39.5 Å². The molecular weight excluding hydrogens is 388 g/mol. The number of hydrogen-bond acceptors (Lipinski definition) is 5. The van der Waals surface area contributed by atoms with Crippen molar-refractivity contribution in [3.05, 3.63) is 45.8 Å². The molecule has 2 heterocycles. The lowest BCUT2D eigenvalue weighted by molar-refractivity contribution is -0.117. The van der Waals surface area contributed by atoms with Crippen molar-refractivity contribution in [3.8, 4) is 0 Å². The van der Waals surface area contributed by atoms with Crippen LogP contribution in [0.5, 0.6) is 0 Å². The molecule has 7 nitrogen and oxygen atoms in total. The molecule has 1 fully saturated rings. The Balaban J connectivity index is 1.58. The number of aromatic nitrogens is 2. The van der Waals surface area contributed by atoms with Crippen LogP contribution in [0.4, 0.5) is 11.4 Å². The maximum absolute atomic E-state index is 12.9. The molecule has 0 spiro atoms. The van der Waals surface area contributed by atoms with Crippen LogP contribution >= 0.6 is 23.4 Å². The standard InChI is InChI=1S/C18H17ClN4O3S/c19-12-3-1-2-4-13(12)21-15(24)9-23-18(26)17-14(7-20-23)27-10-16(25)22(17)8-11-5-6-11/h1-4,7,11H,5-6,8-10H2,(H,21,24). The van der Waals surface area contributed by atoms with Gasteiger partial charge in [-0.05, 0) is 30.9 Å². The summed E-state index contributed by atoms with van der Waals surface area (Å²) >= 11 is 7.35. The van der Waals surface area contributed by atoms with Crippen molar-refractivity contribution < 1.29 is 9.59 Å². The molecule has 0 bridgehead atoms. The molecule has 4 rings (SSSR count). The molecule has 27 heavy (non-hydrogen) atoms. The van der Waals surface area contributed by atoms with Crippen molar-refractivity contribution in [3.63, 3.8) is 0 Å². The third-order valence-electron chi connectivity index (χ3n) is 4.49. The van der Waals surface area contributed by atoms with Crippen LogP contribution in [-0.2, 0) is 16.1 Å². The van der Waals surface area contributed by atoms with Gasteiger partial charge in [0.1, 0.15) is 12.2 Å². The molecule has 2 aromatic rings. The molecule has 2 aliphatic rings. The van der Waals surface area contributed by atoms with Crippen LogP contribution in [0.3, 0.4) is 0 Å². The first-order valence-electron chi connectivity index (χ1n) is 8.60. The van der Waals surface area contributed by atoms with Crippen LogP contribution in [0.25, 0.3) is 0 Å². The molecule has 0 atom stereocenters. The Morgan fingerprint density at radius 3 is 2.81 bits per heavy atom. The summed E-state index contributed by atoms with van der Waals surface area (Å²) < 4.78 is 1.09. The molecule has 140 valence electrons. The normalized spacial score (nSPS) is 16.2. The Morgan fingerprint density at radius 1 is 1.30 bits per heavy atom. The second kappa shape index (κ2) is 7.36. The fourth-order valence-electron chi connectivity index (χ4n) is 2.91. The van der Waals surface area contributed by atoms with E-state index in [1.165, 1.54) is 11.8 Å². The zero-order valence-electron chi connectivity index (χ0n) is 14.4. The van der Waals surface area contributed by atoms with Crippen molar-refractivity contribution in [2.24, 2.45) is 5.92 Å². The first-order chi connectivity index (χ1) is 13.0. The Bertz CT molecular complexity index is 973. The molecule has 1 aliphatic heterocycles. The maximum atomic E-state index is 12.9. The first kappa shape index (κ1) is 18.1. The topological polar surface area (TPSA) is 84.3 Å². The number of carbonyl (C=O) groups is 2. The van der Waals surface area contributed by atoms with E-state index in [4.69, 9.17) is 11.6 Å². The van der Waals surface area contributed by atoms with E-state index in [2.05, 4.69) is 10.4 Å². The van der Waals surface area contributed by atoms with Crippen LogP contribution in [0.1, 0.15) is 12.8 Å². The average molecular weight is 405 g/mol. The van der Waals surface area contributed by atoms with Crippen LogP contribution in [0, 0.1) is 5.92 Å². The third kappa shape index (κ3) is 3.86.